The number of oxime groups is 1. The normalized spacial score (nSPS) is 12.4. The fraction of sp³-hybridized carbons (Fsp3) is 0.348. The highest BCUT2D eigenvalue weighted by atomic mass is 19.3. The summed E-state index contributed by atoms with van der Waals surface area (Å²) in [4.78, 5) is 21.5. The maximum absolute atomic E-state index is 13.0. The van der Waals surface area contributed by atoms with E-state index in [-0.39, 0.29) is 18.6 Å². The number of pyridine rings is 1. The number of benzene rings is 1. The van der Waals surface area contributed by atoms with Gasteiger partial charge in [0.2, 0.25) is 5.92 Å². The Morgan fingerprint density at radius 3 is 2.77 bits per heavy atom. The highest BCUT2D eigenvalue weighted by Gasteiger charge is 2.22. The van der Waals surface area contributed by atoms with Crippen molar-refractivity contribution < 1.29 is 18.4 Å². The van der Waals surface area contributed by atoms with Gasteiger partial charge in [0.15, 0.2) is 0 Å². The van der Waals surface area contributed by atoms with Crippen LogP contribution in [0.4, 0.5) is 8.78 Å². The minimum absolute atomic E-state index is 0.130. The lowest BCUT2D eigenvalue weighted by Gasteiger charge is -2.09. The molecule has 0 bridgehead atoms. The van der Waals surface area contributed by atoms with Crippen LogP contribution in [-0.4, -0.2) is 33.9 Å². The molecular weight excluding hydrogens is 388 g/mol. The molecule has 1 aromatic carbocycles. The molecule has 0 saturated carbocycles. The molecule has 7 heteroatoms. The predicted molar refractivity (Wildman–Crippen MR) is 113 cm³/mol. The lowest BCUT2D eigenvalue weighted by Crippen LogP contribution is -2.13. The zero-order chi connectivity index (χ0) is 21.7. The van der Waals surface area contributed by atoms with Crippen molar-refractivity contribution in [3.05, 3.63) is 59.9 Å². The summed E-state index contributed by atoms with van der Waals surface area (Å²) in [7, 11) is 1.52. The summed E-state index contributed by atoms with van der Waals surface area (Å²) in [6.45, 7) is 2.84. The number of ketones is 1. The number of nitrogens with zero attached hydrogens (tertiary/aromatic N) is 3. The lowest BCUT2D eigenvalue weighted by molar-refractivity contribution is -0.120. The first-order valence-electron chi connectivity index (χ1n) is 9.87. The van der Waals surface area contributed by atoms with Crippen molar-refractivity contribution in [2.24, 2.45) is 5.16 Å². The number of Topliss-reactive ketones (excluding diaryl/α,β-unsaturated/α-hetero) is 1. The van der Waals surface area contributed by atoms with Gasteiger partial charge in [-0.1, -0.05) is 30.3 Å². The molecule has 3 aromatic rings. The van der Waals surface area contributed by atoms with Gasteiger partial charge in [-0.2, -0.15) is 0 Å². The van der Waals surface area contributed by atoms with E-state index in [0.29, 0.717) is 0 Å². The van der Waals surface area contributed by atoms with Gasteiger partial charge in [0.05, 0.1) is 17.6 Å². The Balaban J connectivity index is 1.83. The van der Waals surface area contributed by atoms with E-state index in [1.54, 1.807) is 6.20 Å². The third-order valence-corrected chi connectivity index (χ3v) is 4.85. The second-order valence-electron chi connectivity index (χ2n) is 7.35. The van der Waals surface area contributed by atoms with E-state index in [2.05, 4.69) is 10.1 Å². The van der Waals surface area contributed by atoms with Gasteiger partial charge in [-0.25, -0.2) is 13.8 Å². The molecule has 0 amide bonds. The fourth-order valence-corrected chi connectivity index (χ4v) is 3.32. The molecule has 0 aliphatic rings. The molecule has 0 atom stereocenters. The number of fused-ring (bicyclic) bond motifs is 1. The van der Waals surface area contributed by atoms with Gasteiger partial charge in [0.1, 0.15) is 18.5 Å². The quantitative estimate of drug-likeness (QED) is 0.353. The van der Waals surface area contributed by atoms with E-state index in [1.165, 1.54) is 7.11 Å². The zero-order valence-electron chi connectivity index (χ0n) is 17.4. The smallest absolute Gasteiger partial charge is 0.245 e. The maximum atomic E-state index is 13.0. The monoisotopic (exact) mass is 413 g/mol. The number of rotatable bonds is 9. The lowest BCUT2D eigenvalue weighted by atomic mass is 10.0. The summed E-state index contributed by atoms with van der Waals surface area (Å²) in [6, 6.07) is 11.4. The first kappa shape index (κ1) is 21.6. The van der Waals surface area contributed by atoms with Gasteiger partial charge in [0.25, 0.3) is 0 Å². The predicted octanol–water partition coefficient (Wildman–Crippen LogP) is 5.31. The Kier molecular flexibility index (Phi) is 6.59. The number of carbonyl (C=O) groups is 1. The number of halogens is 2. The topological polar surface area (TPSA) is 56.0 Å². The van der Waals surface area contributed by atoms with Crippen LogP contribution in [0.1, 0.15) is 44.2 Å². The molecule has 0 saturated heterocycles. The third-order valence-electron chi connectivity index (χ3n) is 4.85. The van der Waals surface area contributed by atoms with Crippen LogP contribution in [0.15, 0.2) is 53.9 Å². The van der Waals surface area contributed by atoms with Crippen molar-refractivity contribution in [2.45, 2.75) is 45.5 Å². The van der Waals surface area contributed by atoms with Crippen molar-refractivity contribution in [3.8, 4) is 11.3 Å². The molecule has 0 fully saturated rings. The van der Waals surface area contributed by atoms with Gasteiger partial charge in [-0.05, 0) is 37.1 Å². The van der Waals surface area contributed by atoms with Gasteiger partial charge in [-0.3, -0.25) is 9.20 Å². The van der Waals surface area contributed by atoms with Crippen LogP contribution in [0.25, 0.3) is 16.9 Å². The Bertz CT molecular complexity index is 1070. The molecule has 5 nitrogen and oxygen atoms in total. The molecule has 0 N–H and O–H groups in total. The van der Waals surface area contributed by atoms with Gasteiger partial charge < -0.3 is 4.84 Å². The number of imidazole rings is 1. The highest BCUT2D eigenvalue weighted by molar-refractivity contribution is 6.00. The fourth-order valence-electron chi connectivity index (χ4n) is 3.32. The standard InChI is InChI=1S/C23H25F2N3O2/c1-4-20(27-30-3)17-9-11-28-21(15-26-22(28)14-17)18-7-5-6-16(12-18)13-19(29)8-10-23(2,24)25/h5-7,9,11-12,14-15H,4,8,10,13H2,1-3H3. The minimum atomic E-state index is -2.82. The second-order valence-corrected chi connectivity index (χ2v) is 7.35. The molecule has 0 unspecified atom stereocenters. The molecule has 30 heavy (non-hydrogen) atoms. The molecule has 2 heterocycles. The summed E-state index contributed by atoms with van der Waals surface area (Å²) in [5.41, 5.74) is 5.13. The van der Waals surface area contributed by atoms with Crippen molar-refractivity contribution in [2.75, 3.05) is 7.11 Å². The van der Waals surface area contributed by atoms with Crippen molar-refractivity contribution >= 4 is 17.1 Å². The molecule has 0 radical (unpaired) electrons. The summed E-state index contributed by atoms with van der Waals surface area (Å²) >= 11 is 0. The molecule has 158 valence electrons. The van der Waals surface area contributed by atoms with E-state index < -0.39 is 12.3 Å². The van der Waals surface area contributed by atoms with Crippen molar-refractivity contribution in [1.29, 1.82) is 0 Å². The van der Waals surface area contributed by atoms with E-state index in [0.717, 1.165) is 47.1 Å². The summed E-state index contributed by atoms with van der Waals surface area (Å²) in [6.07, 6.45) is 4.02. The van der Waals surface area contributed by atoms with Crippen molar-refractivity contribution in [1.82, 2.24) is 9.38 Å². The SMILES string of the molecule is CCC(=NOC)c1ccn2c(-c3cccc(CC(=O)CCC(C)(F)F)c3)cnc2c1. The Hall–Kier alpha value is -3.09. The Labute approximate surface area is 174 Å². The van der Waals surface area contributed by atoms with Crippen LogP contribution in [0.5, 0.6) is 0 Å². The Morgan fingerprint density at radius 1 is 1.27 bits per heavy atom. The van der Waals surface area contributed by atoms with E-state index >= 15 is 0 Å². The van der Waals surface area contributed by atoms with E-state index in [1.807, 2.05) is 53.9 Å². The third kappa shape index (κ3) is 5.28. The average Bonchev–Trinajstić information content (AvgIpc) is 3.13. The van der Waals surface area contributed by atoms with Crippen LogP contribution in [0.2, 0.25) is 0 Å². The molecule has 0 aliphatic carbocycles. The van der Waals surface area contributed by atoms with E-state index in [9.17, 15) is 13.6 Å². The molecule has 2 aromatic heterocycles. The number of carbonyl (C=O) groups excluding carboxylic acids is 1. The molecular formula is C23H25F2N3O2. The maximum Gasteiger partial charge on any atom is 0.245 e. The molecule has 3 rings (SSSR count). The average molecular weight is 413 g/mol. The van der Waals surface area contributed by atoms with Crippen LogP contribution in [0.3, 0.4) is 0 Å². The largest absolute Gasteiger partial charge is 0.399 e. The van der Waals surface area contributed by atoms with Crippen molar-refractivity contribution in [3.63, 3.8) is 0 Å². The minimum Gasteiger partial charge on any atom is -0.399 e. The number of hydrogen-bond acceptors (Lipinski definition) is 4. The number of alkyl halides is 2. The molecule has 0 spiro atoms. The van der Waals surface area contributed by atoms with Crippen LogP contribution >= 0.6 is 0 Å². The van der Waals surface area contributed by atoms with Crippen LogP contribution in [0, 0.1) is 0 Å². The number of aromatic nitrogens is 2. The second kappa shape index (κ2) is 9.15. The Morgan fingerprint density at radius 2 is 2.07 bits per heavy atom. The van der Waals surface area contributed by atoms with Crippen LogP contribution in [-0.2, 0) is 16.1 Å². The van der Waals surface area contributed by atoms with Crippen LogP contribution < -0.4 is 0 Å². The summed E-state index contributed by atoms with van der Waals surface area (Å²) in [5.74, 6) is -3.01. The summed E-state index contributed by atoms with van der Waals surface area (Å²) < 4.78 is 27.9. The van der Waals surface area contributed by atoms with Gasteiger partial charge in [0, 0.05) is 36.6 Å². The van der Waals surface area contributed by atoms with Gasteiger partial charge in [-0.15, -0.1) is 0 Å². The first-order chi connectivity index (χ1) is 14.3. The zero-order valence-corrected chi connectivity index (χ0v) is 17.4. The first-order valence-corrected chi connectivity index (χ1v) is 9.87. The van der Waals surface area contributed by atoms with E-state index in [4.69, 9.17) is 4.84 Å². The summed E-state index contributed by atoms with van der Waals surface area (Å²) in [5, 5.41) is 4.05. The number of hydrogen-bond donors (Lipinski definition) is 0. The highest BCUT2D eigenvalue weighted by Crippen LogP contribution is 2.24. The molecule has 0 aliphatic heterocycles. The van der Waals surface area contributed by atoms with Gasteiger partial charge >= 0.3 is 0 Å².